The largest absolute Gasteiger partial charge is 0.507 e. The number of rotatable bonds is 6. The van der Waals surface area contributed by atoms with Crippen molar-refractivity contribution in [3.63, 3.8) is 0 Å². The molecule has 0 saturated carbocycles. The first-order chi connectivity index (χ1) is 16.0. The van der Waals surface area contributed by atoms with Gasteiger partial charge in [-0.2, -0.15) is 14.9 Å². The van der Waals surface area contributed by atoms with E-state index in [9.17, 15) is 10.2 Å². The number of hydrogen-bond donors (Lipinski definition) is 3. The van der Waals surface area contributed by atoms with Gasteiger partial charge in [0.2, 0.25) is 0 Å². The van der Waals surface area contributed by atoms with Crippen LogP contribution in [0.25, 0.3) is 11.4 Å². The minimum Gasteiger partial charge on any atom is -0.507 e. The summed E-state index contributed by atoms with van der Waals surface area (Å²) in [6, 6.07) is 21.0. The SMILES string of the molecule is C/C(=N\Nc1nnc(-c2ccccc2Cl)n1/N=C(\C)c1ccccc1O)c1ccccc1O. The van der Waals surface area contributed by atoms with E-state index in [1.165, 1.54) is 4.68 Å². The zero-order chi connectivity index (χ0) is 23.4. The van der Waals surface area contributed by atoms with Crippen molar-refractivity contribution in [3.8, 4) is 22.9 Å². The molecule has 0 amide bonds. The molecular formula is C24H21ClN6O2. The van der Waals surface area contributed by atoms with Crippen molar-refractivity contribution >= 4 is 29.0 Å². The van der Waals surface area contributed by atoms with E-state index in [0.29, 0.717) is 39.0 Å². The maximum absolute atomic E-state index is 10.2. The predicted molar refractivity (Wildman–Crippen MR) is 130 cm³/mol. The Hall–Kier alpha value is -4.17. The van der Waals surface area contributed by atoms with Crippen molar-refractivity contribution < 1.29 is 10.2 Å². The maximum Gasteiger partial charge on any atom is 0.266 e. The van der Waals surface area contributed by atoms with Gasteiger partial charge in [0.1, 0.15) is 11.5 Å². The van der Waals surface area contributed by atoms with E-state index in [2.05, 4.69) is 25.8 Å². The summed E-state index contributed by atoms with van der Waals surface area (Å²) in [6.45, 7) is 3.53. The van der Waals surface area contributed by atoms with Gasteiger partial charge in [0, 0.05) is 16.7 Å². The maximum atomic E-state index is 10.2. The Morgan fingerprint density at radius 2 is 1.39 bits per heavy atom. The van der Waals surface area contributed by atoms with Gasteiger partial charge < -0.3 is 10.2 Å². The first-order valence-electron chi connectivity index (χ1n) is 10.1. The molecule has 3 N–H and O–H groups in total. The third kappa shape index (κ3) is 4.70. The smallest absolute Gasteiger partial charge is 0.266 e. The van der Waals surface area contributed by atoms with Crippen LogP contribution in [0, 0.1) is 0 Å². The summed E-state index contributed by atoms with van der Waals surface area (Å²) in [5, 5.41) is 38.3. The first-order valence-corrected chi connectivity index (χ1v) is 10.5. The van der Waals surface area contributed by atoms with Crippen LogP contribution in [0.4, 0.5) is 5.95 Å². The quantitative estimate of drug-likeness (QED) is 0.273. The molecule has 0 saturated heterocycles. The summed E-state index contributed by atoms with van der Waals surface area (Å²) in [4.78, 5) is 0. The molecule has 0 fully saturated rings. The lowest BCUT2D eigenvalue weighted by Gasteiger charge is -2.09. The van der Waals surface area contributed by atoms with Crippen LogP contribution in [0.3, 0.4) is 0 Å². The number of benzene rings is 3. The molecule has 0 unspecified atom stereocenters. The number of aromatic hydroxyl groups is 2. The number of nitrogens with zero attached hydrogens (tertiary/aromatic N) is 5. The summed E-state index contributed by atoms with van der Waals surface area (Å²) in [6.07, 6.45) is 0. The van der Waals surface area contributed by atoms with Gasteiger partial charge in [-0.3, -0.25) is 0 Å². The molecular weight excluding hydrogens is 440 g/mol. The van der Waals surface area contributed by atoms with Crippen LogP contribution in [-0.4, -0.2) is 36.5 Å². The summed E-state index contributed by atoms with van der Waals surface area (Å²) >= 11 is 6.40. The lowest BCUT2D eigenvalue weighted by molar-refractivity contribution is 0.473. The molecule has 4 aromatic rings. The van der Waals surface area contributed by atoms with E-state index in [1.807, 2.05) is 30.3 Å². The second kappa shape index (κ2) is 9.54. The fourth-order valence-corrected chi connectivity index (χ4v) is 3.43. The average Bonchev–Trinajstić information content (AvgIpc) is 3.20. The van der Waals surface area contributed by atoms with Crippen LogP contribution in [0.1, 0.15) is 25.0 Å². The summed E-state index contributed by atoms with van der Waals surface area (Å²) in [7, 11) is 0. The molecule has 3 aromatic carbocycles. The highest BCUT2D eigenvalue weighted by Crippen LogP contribution is 2.28. The lowest BCUT2D eigenvalue weighted by atomic mass is 10.1. The fraction of sp³-hybridized carbons (Fsp3) is 0.0833. The molecule has 1 heterocycles. The molecule has 166 valence electrons. The molecule has 33 heavy (non-hydrogen) atoms. The third-order valence-electron chi connectivity index (χ3n) is 4.92. The van der Waals surface area contributed by atoms with Crippen LogP contribution < -0.4 is 5.43 Å². The zero-order valence-electron chi connectivity index (χ0n) is 17.9. The van der Waals surface area contributed by atoms with Gasteiger partial charge in [0.05, 0.1) is 16.4 Å². The topological polar surface area (TPSA) is 108 Å². The van der Waals surface area contributed by atoms with Gasteiger partial charge in [-0.25, -0.2) is 5.43 Å². The minimum absolute atomic E-state index is 0.106. The molecule has 0 radical (unpaired) electrons. The van der Waals surface area contributed by atoms with Crippen molar-refractivity contribution in [2.24, 2.45) is 10.2 Å². The molecule has 9 heteroatoms. The minimum atomic E-state index is 0.106. The van der Waals surface area contributed by atoms with Crippen molar-refractivity contribution in [2.45, 2.75) is 13.8 Å². The fourth-order valence-electron chi connectivity index (χ4n) is 3.21. The van der Waals surface area contributed by atoms with E-state index < -0.39 is 0 Å². The highest BCUT2D eigenvalue weighted by Gasteiger charge is 2.17. The number of nitrogens with one attached hydrogen (secondary N) is 1. The van der Waals surface area contributed by atoms with E-state index >= 15 is 0 Å². The Labute approximate surface area is 195 Å². The molecule has 0 aliphatic carbocycles. The molecule has 0 bridgehead atoms. The Morgan fingerprint density at radius 1 is 0.818 bits per heavy atom. The van der Waals surface area contributed by atoms with E-state index in [4.69, 9.17) is 11.6 Å². The number of para-hydroxylation sites is 2. The normalized spacial score (nSPS) is 12.1. The number of anilines is 1. The summed E-state index contributed by atoms with van der Waals surface area (Å²) in [5.41, 5.74) is 5.73. The molecule has 1 aromatic heterocycles. The van der Waals surface area contributed by atoms with E-state index in [0.717, 1.165) is 0 Å². The standard InChI is InChI=1S/C24H21ClN6O2/c1-15(17-9-4-7-13-21(17)32)26-28-24-29-27-23(19-11-3-6-12-20(19)25)31(24)30-16(2)18-10-5-8-14-22(18)33/h3-14,32-33H,1-2H3,(H,28,29)/b26-15+,30-16+. The molecule has 0 spiro atoms. The Balaban J connectivity index is 1.79. The van der Waals surface area contributed by atoms with E-state index in [1.54, 1.807) is 56.3 Å². The van der Waals surface area contributed by atoms with Crippen LogP contribution in [0.2, 0.25) is 5.02 Å². The highest BCUT2D eigenvalue weighted by atomic mass is 35.5. The summed E-state index contributed by atoms with van der Waals surface area (Å²) in [5.74, 6) is 0.851. The number of halogens is 1. The Kier molecular flexibility index (Phi) is 6.37. The number of aromatic nitrogens is 3. The van der Waals surface area contributed by atoms with Crippen LogP contribution in [0.5, 0.6) is 11.5 Å². The Morgan fingerprint density at radius 3 is 2.03 bits per heavy atom. The van der Waals surface area contributed by atoms with Crippen LogP contribution in [-0.2, 0) is 0 Å². The highest BCUT2D eigenvalue weighted by molar-refractivity contribution is 6.33. The van der Waals surface area contributed by atoms with Crippen molar-refractivity contribution in [2.75, 3.05) is 5.43 Å². The van der Waals surface area contributed by atoms with Gasteiger partial charge in [0.25, 0.3) is 5.95 Å². The zero-order valence-corrected chi connectivity index (χ0v) is 18.7. The number of hydrazone groups is 1. The van der Waals surface area contributed by atoms with Gasteiger partial charge in [0.15, 0.2) is 5.82 Å². The predicted octanol–water partition coefficient (Wildman–Crippen LogP) is 5.12. The second-order valence-electron chi connectivity index (χ2n) is 7.17. The van der Waals surface area contributed by atoms with Crippen molar-refractivity contribution in [3.05, 3.63) is 88.9 Å². The third-order valence-corrected chi connectivity index (χ3v) is 5.25. The van der Waals surface area contributed by atoms with Crippen LogP contribution >= 0.6 is 11.6 Å². The lowest BCUT2D eigenvalue weighted by Crippen LogP contribution is -2.07. The first kappa shape index (κ1) is 22.0. The number of phenolic OH excluding ortho intramolecular Hbond substituents is 2. The molecule has 0 aliphatic heterocycles. The summed E-state index contributed by atoms with van der Waals surface area (Å²) < 4.78 is 1.48. The van der Waals surface area contributed by atoms with Crippen molar-refractivity contribution in [1.82, 2.24) is 14.9 Å². The van der Waals surface area contributed by atoms with Crippen molar-refractivity contribution in [1.29, 1.82) is 0 Å². The van der Waals surface area contributed by atoms with Gasteiger partial charge >= 0.3 is 0 Å². The molecule has 0 atom stereocenters. The van der Waals surface area contributed by atoms with Gasteiger partial charge in [-0.15, -0.1) is 10.2 Å². The van der Waals surface area contributed by atoms with E-state index in [-0.39, 0.29) is 17.4 Å². The Bertz CT molecular complexity index is 1360. The number of phenols is 2. The number of hydrogen-bond acceptors (Lipinski definition) is 7. The molecule has 0 aliphatic rings. The van der Waals surface area contributed by atoms with Gasteiger partial charge in [-0.05, 0) is 50.2 Å². The monoisotopic (exact) mass is 460 g/mol. The van der Waals surface area contributed by atoms with Crippen LogP contribution in [0.15, 0.2) is 83.0 Å². The molecule has 8 nitrogen and oxygen atoms in total. The van der Waals surface area contributed by atoms with Gasteiger partial charge in [-0.1, -0.05) is 48.0 Å². The molecule has 4 rings (SSSR count). The second-order valence-corrected chi connectivity index (χ2v) is 7.57. The average molecular weight is 461 g/mol.